The molecule has 4 rings (SSSR count). The monoisotopic (exact) mass is 500 g/mol. The summed E-state index contributed by atoms with van der Waals surface area (Å²) in [6.07, 6.45) is 3.04. The average molecular weight is 501 g/mol. The molecule has 0 aliphatic carbocycles. The number of hydrogen-bond donors (Lipinski definition) is 1. The van der Waals surface area contributed by atoms with Crippen LogP contribution in [0.15, 0.2) is 65.6 Å². The lowest BCUT2D eigenvalue weighted by molar-refractivity contribution is -0.111. The summed E-state index contributed by atoms with van der Waals surface area (Å²) in [5.41, 5.74) is 1.66. The first kappa shape index (κ1) is 24.2. The van der Waals surface area contributed by atoms with Gasteiger partial charge in [-0.2, -0.15) is 0 Å². The molecule has 1 amide bonds. The van der Waals surface area contributed by atoms with Crippen molar-refractivity contribution in [1.29, 1.82) is 0 Å². The maximum absolute atomic E-state index is 13.8. The van der Waals surface area contributed by atoms with Gasteiger partial charge in [0.2, 0.25) is 5.91 Å². The van der Waals surface area contributed by atoms with Crippen molar-refractivity contribution >= 4 is 33.4 Å². The van der Waals surface area contributed by atoms with Crippen LogP contribution in [-0.2, 0) is 21.2 Å². The molecule has 35 heavy (non-hydrogen) atoms. The highest BCUT2D eigenvalue weighted by molar-refractivity contribution is 7.93. The maximum Gasteiger partial charge on any atom is 0.268 e. The van der Waals surface area contributed by atoms with Gasteiger partial charge in [0.25, 0.3) is 10.0 Å². The van der Waals surface area contributed by atoms with Gasteiger partial charge < -0.3 is 14.8 Å². The van der Waals surface area contributed by atoms with E-state index in [1.54, 1.807) is 12.1 Å². The number of sulfonamides is 1. The normalized spacial score (nSPS) is 13.1. The summed E-state index contributed by atoms with van der Waals surface area (Å²) >= 11 is 0. The molecule has 3 aromatic rings. The Hall–Kier alpha value is -3.92. The Labute approximate surface area is 201 Å². The lowest BCUT2D eigenvalue weighted by Gasteiger charge is -2.22. The molecule has 3 aromatic carbocycles. The number of nitrogens with one attached hydrogen (secondary N) is 1. The SMILES string of the molecule is COc1cc(/C=C/C(=O)Nc2ccc(F)cc2F)cc(S(=O)(=O)N2CCc3ccccc32)c1OC. The van der Waals surface area contributed by atoms with Gasteiger partial charge in [-0.1, -0.05) is 18.2 Å². The molecule has 1 N–H and O–H groups in total. The van der Waals surface area contributed by atoms with Crippen LogP contribution in [0.5, 0.6) is 11.5 Å². The highest BCUT2D eigenvalue weighted by Gasteiger charge is 2.34. The lowest BCUT2D eigenvalue weighted by Crippen LogP contribution is -2.29. The van der Waals surface area contributed by atoms with Crippen molar-refractivity contribution in [2.24, 2.45) is 0 Å². The van der Waals surface area contributed by atoms with Crippen molar-refractivity contribution in [2.45, 2.75) is 11.3 Å². The number of rotatable bonds is 7. The predicted molar refractivity (Wildman–Crippen MR) is 128 cm³/mol. The second-order valence-corrected chi connectivity index (χ2v) is 9.49. The number of methoxy groups -OCH3 is 2. The Morgan fingerprint density at radius 2 is 1.83 bits per heavy atom. The van der Waals surface area contributed by atoms with Crippen LogP contribution >= 0.6 is 0 Å². The van der Waals surface area contributed by atoms with Crippen LogP contribution < -0.4 is 19.1 Å². The molecule has 0 spiro atoms. The lowest BCUT2D eigenvalue weighted by atomic mass is 10.2. The molecule has 0 radical (unpaired) electrons. The molecule has 0 aromatic heterocycles. The highest BCUT2D eigenvalue weighted by Crippen LogP contribution is 2.40. The van der Waals surface area contributed by atoms with Gasteiger partial charge in [-0.25, -0.2) is 17.2 Å². The average Bonchev–Trinajstić information content (AvgIpc) is 3.29. The number of nitrogens with zero attached hydrogens (tertiary/aromatic N) is 1. The predicted octanol–water partition coefficient (Wildman–Crippen LogP) is 4.39. The number of ether oxygens (including phenoxy) is 2. The molecule has 0 bridgehead atoms. The molecule has 1 aliphatic heterocycles. The van der Waals surface area contributed by atoms with Crippen LogP contribution in [0.2, 0.25) is 0 Å². The molecule has 1 heterocycles. The molecular formula is C25H22F2N2O5S. The van der Waals surface area contributed by atoms with Crippen LogP contribution in [0.1, 0.15) is 11.1 Å². The van der Waals surface area contributed by atoms with Gasteiger partial charge in [0.15, 0.2) is 11.5 Å². The fourth-order valence-corrected chi connectivity index (χ4v) is 5.56. The molecule has 10 heteroatoms. The Bertz CT molecular complexity index is 1420. The molecule has 0 unspecified atom stereocenters. The van der Waals surface area contributed by atoms with E-state index in [1.165, 1.54) is 36.7 Å². The van der Waals surface area contributed by atoms with Gasteiger partial charge >= 0.3 is 0 Å². The number of anilines is 2. The molecule has 1 aliphatic rings. The van der Waals surface area contributed by atoms with Crippen LogP contribution in [0, 0.1) is 11.6 Å². The first-order chi connectivity index (χ1) is 16.7. The first-order valence-electron chi connectivity index (χ1n) is 10.6. The fraction of sp³-hybridized carbons (Fsp3) is 0.160. The van der Waals surface area contributed by atoms with Crippen LogP contribution in [0.3, 0.4) is 0 Å². The van der Waals surface area contributed by atoms with Crippen LogP contribution in [0.25, 0.3) is 6.08 Å². The molecular weight excluding hydrogens is 478 g/mol. The van der Waals surface area contributed by atoms with Crippen LogP contribution in [-0.4, -0.2) is 35.1 Å². The van der Waals surface area contributed by atoms with E-state index in [0.29, 0.717) is 23.7 Å². The first-order valence-corrected chi connectivity index (χ1v) is 12.0. The van der Waals surface area contributed by atoms with E-state index in [2.05, 4.69) is 5.32 Å². The number of para-hydroxylation sites is 1. The van der Waals surface area contributed by atoms with Gasteiger partial charge in [0, 0.05) is 18.7 Å². The Morgan fingerprint density at radius 1 is 1.06 bits per heavy atom. The quantitative estimate of drug-likeness (QED) is 0.487. The number of fused-ring (bicyclic) bond motifs is 1. The second-order valence-electron chi connectivity index (χ2n) is 7.66. The summed E-state index contributed by atoms with van der Waals surface area (Å²) in [7, 11) is -1.32. The minimum atomic E-state index is -4.04. The van der Waals surface area contributed by atoms with E-state index < -0.39 is 27.6 Å². The summed E-state index contributed by atoms with van der Waals surface area (Å²) in [6, 6.07) is 12.9. The molecule has 0 saturated heterocycles. The maximum atomic E-state index is 13.8. The third kappa shape index (κ3) is 4.83. The number of benzene rings is 3. The number of amides is 1. The third-order valence-corrected chi connectivity index (χ3v) is 7.31. The molecule has 0 saturated carbocycles. The minimum absolute atomic E-state index is 0.0341. The van der Waals surface area contributed by atoms with Crippen molar-refractivity contribution in [3.8, 4) is 11.5 Å². The zero-order chi connectivity index (χ0) is 25.2. The van der Waals surface area contributed by atoms with E-state index in [9.17, 15) is 22.0 Å². The van der Waals surface area contributed by atoms with Gasteiger partial charge in [0.1, 0.15) is 16.5 Å². The Balaban J connectivity index is 1.68. The van der Waals surface area contributed by atoms with Crippen molar-refractivity contribution in [1.82, 2.24) is 0 Å². The number of carbonyl (C=O) groups is 1. The summed E-state index contributed by atoms with van der Waals surface area (Å²) in [5.74, 6) is -2.19. The van der Waals surface area contributed by atoms with Crippen molar-refractivity contribution in [3.05, 3.63) is 83.4 Å². The van der Waals surface area contributed by atoms with Crippen molar-refractivity contribution < 1.29 is 31.5 Å². The summed E-state index contributed by atoms with van der Waals surface area (Å²) in [5, 5.41) is 2.31. The Morgan fingerprint density at radius 3 is 2.54 bits per heavy atom. The number of hydrogen-bond acceptors (Lipinski definition) is 5. The zero-order valence-electron chi connectivity index (χ0n) is 18.9. The van der Waals surface area contributed by atoms with E-state index in [1.807, 2.05) is 12.1 Å². The zero-order valence-corrected chi connectivity index (χ0v) is 19.7. The molecule has 0 atom stereocenters. The van der Waals surface area contributed by atoms with E-state index in [0.717, 1.165) is 23.8 Å². The van der Waals surface area contributed by atoms with Gasteiger partial charge in [-0.15, -0.1) is 0 Å². The minimum Gasteiger partial charge on any atom is -0.493 e. The van der Waals surface area contributed by atoms with Crippen LogP contribution in [0.4, 0.5) is 20.2 Å². The number of halogens is 2. The topological polar surface area (TPSA) is 84.9 Å². The second kappa shape index (κ2) is 9.75. The summed E-state index contributed by atoms with van der Waals surface area (Å²) < 4.78 is 66.2. The largest absolute Gasteiger partial charge is 0.493 e. The summed E-state index contributed by atoms with van der Waals surface area (Å²) in [4.78, 5) is 12.2. The van der Waals surface area contributed by atoms with Gasteiger partial charge in [-0.3, -0.25) is 9.10 Å². The van der Waals surface area contributed by atoms with Crippen molar-refractivity contribution in [3.63, 3.8) is 0 Å². The third-order valence-electron chi connectivity index (χ3n) is 5.50. The van der Waals surface area contributed by atoms with Gasteiger partial charge in [0.05, 0.1) is 25.6 Å². The number of carbonyl (C=O) groups excluding carboxylic acids is 1. The molecule has 0 fully saturated rings. The fourth-order valence-electron chi connectivity index (χ4n) is 3.85. The Kier molecular flexibility index (Phi) is 6.74. The smallest absolute Gasteiger partial charge is 0.268 e. The molecule has 7 nitrogen and oxygen atoms in total. The molecule has 182 valence electrons. The summed E-state index contributed by atoms with van der Waals surface area (Å²) in [6.45, 7) is 0.277. The highest BCUT2D eigenvalue weighted by atomic mass is 32.2. The van der Waals surface area contributed by atoms with E-state index >= 15 is 0 Å². The van der Waals surface area contributed by atoms with E-state index in [4.69, 9.17) is 9.47 Å². The van der Waals surface area contributed by atoms with Crippen molar-refractivity contribution in [2.75, 3.05) is 30.4 Å². The van der Waals surface area contributed by atoms with E-state index in [-0.39, 0.29) is 28.6 Å². The standard InChI is InChI=1S/C25H22F2N2O5S/c1-33-22-13-16(7-10-24(30)28-20-9-8-18(26)15-19(20)27)14-23(25(22)34-2)35(31,32)29-12-11-17-5-3-4-6-21(17)29/h3-10,13-15H,11-12H2,1-2H3,(H,28,30)/b10-7+. The van der Waals surface area contributed by atoms with Gasteiger partial charge in [-0.05, 0) is 54.0 Å².